The van der Waals surface area contributed by atoms with Crippen molar-refractivity contribution in [2.24, 2.45) is 0 Å². The summed E-state index contributed by atoms with van der Waals surface area (Å²) in [5.74, 6) is 0.126. The van der Waals surface area contributed by atoms with E-state index in [1.165, 1.54) is 0 Å². The van der Waals surface area contributed by atoms with Crippen LogP contribution in [-0.4, -0.2) is 33.7 Å². The molecular weight excluding hydrogens is 407 g/mol. The molecule has 3 N–H and O–H groups in total. The topological polar surface area (TPSA) is 78.4 Å². The van der Waals surface area contributed by atoms with Crippen LogP contribution in [0.4, 0.5) is 0 Å². The highest BCUT2D eigenvalue weighted by Gasteiger charge is 2.29. The fourth-order valence-electron chi connectivity index (χ4n) is 3.62. The second-order valence-electron chi connectivity index (χ2n) is 6.56. The summed E-state index contributed by atoms with van der Waals surface area (Å²) in [6.07, 6.45) is 1.80. The van der Waals surface area contributed by atoms with Crippen molar-refractivity contribution in [3.63, 3.8) is 0 Å². The van der Waals surface area contributed by atoms with E-state index in [1.54, 1.807) is 18.2 Å². The maximum Gasteiger partial charge on any atom is 0.240 e. The average molecular weight is 429 g/mol. The molecular formula is C19H22Cl2N2O3S. The van der Waals surface area contributed by atoms with Gasteiger partial charge in [-0.15, -0.1) is 0 Å². The first-order valence-corrected chi connectivity index (χ1v) is 11.0. The molecule has 0 saturated carbocycles. The number of hydrogen-bond donors (Lipinski definition) is 3. The first-order chi connectivity index (χ1) is 12.9. The van der Waals surface area contributed by atoms with Crippen LogP contribution in [0.5, 0.6) is 0 Å². The van der Waals surface area contributed by atoms with Crippen LogP contribution < -0.4 is 10.0 Å². The number of benzene rings is 2. The van der Waals surface area contributed by atoms with Crippen LogP contribution in [0, 0.1) is 0 Å². The van der Waals surface area contributed by atoms with E-state index in [4.69, 9.17) is 28.3 Å². The summed E-state index contributed by atoms with van der Waals surface area (Å²) in [7, 11) is -1.78. The lowest BCUT2D eigenvalue weighted by atomic mass is 9.77. The highest BCUT2D eigenvalue weighted by molar-refractivity contribution is 7.89. The molecule has 2 atom stereocenters. The van der Waals surface area contributed by atoms with E-state index in [2.05, 4.69) is 10.0 Å². The maximum absolute atomic E-state index is 12.4. The van der Waals surface area contributed by atoms with Gasteiger partial charge in [0.25, 0.3) is 0 Å². The van der Waals surface area contributed by atoms with Gasteiger partial charge in [0, 0.05) is 18.5 Å². The summed E-state index contributed by atoms with van der Waals surface area (Å²) in [4.78, 5) is 0.199. The van der Waals surface area contributed by atoms with Crippen LogP contribution >= 0.6 is 23.2 Å². The minimum Gasteiger partial charge on any atom is -0.395 e. The molecule has 146 valence electrons. The summed E-state index contributed by atoms with van der Waals surface area (Å²) >= 11 is 12.2. The minimum absolute atomic E-state index is 0.0131. The highest BCUT2D eigenvalue weighted by Crippen LogP contribution is 2.43. The van der Waals surface area contributed by atoms with Gasteiger partial charge in [0.1, 0.15) is 0 Å². The molecule has 0 aliphatic heterocycles. The van der Waals surface area contributed by atoms with Crippen molar-refractivity contribution >= 4 is 33.2 Å². The Balaban J connectivity index is 2.04. The molecule has 1 aliphatic rings. The maximum atomic E-state index is 12.4. The Morgan fingerprint density at radius 1 is 1.07 bits per heavy atom. The molecule has 0 spiro atoms. The van der Waals surface area contributed by atoms with E-state index in [1.807, 2.05) is 25.2 Å². The molecule has 0 saturated heterocycles. The zero-order valence-electron chi connectivity index (χ0n) is 14.9. The Morgan fingerprint density at radius 2 is 1.85 bits per heavy atom. The summed E-state index contributed by atoms with van der Waals surface area (Å²) in [6.45, 7) is -0.260. The third-order valence-electron chi connectivity index (χ3n) is 4.96. The summed E-state index contributed by atoms with van der Waals surface area (Å²) in [5.41, 5.74) is 3.11. The SMILES string of the molecule is CN[C@H]1CC[C@@H](c2ccc(Cl)c(Cl)c2)c2ccc(S(=O)(=O)NCCO)cc21. The molecule has 5 nitrogen and oxygen atoms in total. The zero-order valence-corrected chi connectivity index (χ0v) is 17.2. The van der Waals surface area contributed by atoms with Gasteiger partial charge in [-0.05, 0) is 60.8 Å². The quantitative estimate of drug-likeness (QED) is 0.658. The van der Waals surface area contributed by atoms with Gasteiger partial charge in [0.2, 0.25) is 10.0 Å². The van der Waals surface area contributed by atoms with Crippen molar-refractivity contribution in [1.82, 2.24) is 10.0 Å². The highest BCUT2D eigenvalue weighted by atomic mass is 35.5. The third kappa shape index (κ3) is 4.31. The second-order valence-corrected chi connectivity index (χ2v) is 9.14. The van der Waals surface area contributed by atoms with E-state index >= 15 is 0 Å². The number of nitrogens with one attached hydrogen (secondary N) is 2. The Hall–Kier alpha value is -1.15. The molecule has 8 heteroatoms. The molecule has 0 aromatic heterocycles. The van der Waals surface area contributed by atoms with Crippen molar-refractivity contribution in [2.75, 3.05) is 20.2 Å². The molecule has 2 aromatic carbocycles. The Kier molecular flexibility index (Phi) is 6.46. The number of aliphatic hydroxyl groups excluding tert-OH is 1. The number of sulfonamides is 1. The van der Waals surface area contributed by atoms with Crippen molar-refractivity contribution < 1.29 is 13.5 Å². The molecule has 1 aliphatic carbocycles. The van der Waals surface area contributed by atoms with Gasteiger partial charge in [-0.2, -0.15) is 0 Å². The van der Waals surface area contributed by atoms with Crippen LogP contribution in [0.15, 0.2) is 41.3 Å². The van der Waals surface area contributed by atoms with Crippen LogP contribution in [0.2, 0.25) is 10.0 Å². The number of fused-ring (bicyclic) bond motifs is 1. The molecule has 0 amide bonds. The van der Waals surface area contributed by atoms with Gasteiger partial charge in [-0.1, -0.05) is 35.3 Å². The lowest BCUT2D eigenvalue weighted by Crippen LogP contribution is -2.28. The average Bonchev–Trinajstić information content (AvgIpc) is 2.67. The summed E-state index contributed by atoms with van der Waals surface area (Å²) in [5, 5.41) is 13.2. The van der Waals surface area contributed by atoms with E-state index < -0.39 is 10.0 Å². The lowest BCUT2D eigenvalue weighted by Gasteiger charge is -2.32. The fraction of sp³-hybridized carbons (Fsp3) is 0.368. The largest absolute Gasteiger partial charge is 0.395 e. The van der Waals surface area contributed by atoms with Gasteiger partial charge in [-0.3, -0.25) is 0 Å². The van der Waals surface area contributed by atoms with E-state index in [9.17, 15) is 8.42 Å². The van der Waals surface area contributed by atoms with Crippen molar-refractivity contribution in [2.45, 2.75) is 29.7 Å². The molecule has 0 heterocycles. The first kappa shape index (κ1) is 20.6. The molecule has 3 rings (SSSR count). The normalized spacial score (nSPS) is 19.7. The molecule has 0 fully saturated rings. The Bertz CT molecular complexity index is 935. The third-order valence-corrected chi connectivity index (χ3v) is 7.16. The number of aliphatic hydroxyl groups is 1. The number of halogens is 2. The Labute approximate surface area is 169 Å². The smallest absolute Gasteiger partial charge is 0.240 e. The zero-order chi connectivity index (χ0) is 19.6. The lowest BCUT2D eigenvalue weighted by molar-refractivity contribution is 0.301. The molecule has 0 unspecified atom stereocenters. The predicted molar refractivity (Wildman–Crippen MR) is 108 cm³/mol. The second kappa shape index (κ2) is 8.47. The first-order valence-electron chi connectivity index (χ1n) is 8.74. The minimum atomic E-state index is -3.66. The predicted octanol–water partition coefficient (Wildman–Crippen LogP) is 3.45. The van der Waals surface area contributed by atoms with Gasteiger partial charge >= 0.3 is 0 Å². The Morgan fingerprint density at radius 3 is 2.52 bits per heavy atom. The van der Waals surface area contributed by atoms with Crippen LogP contribution in [-0.2, 0) is 10.0 Å². The molecule has 0 radical (unpaired) electrons. The fourth-order valence-corrected chi connectivity index (χ4v) is 4.98. The van der Waals surface area contributed by atoms with Gasteiger partial charge in [0.05, 0.1) is 21.5 Å². The van der Waals surface area contributed by atoms with Crippen LogP contribution in [0.3, 0.4) is 0 Å². The summed E-state index contributed by atoms with van der Waals surface area (Å²) in [6, 6.07) is 10.9. The molecule has 2 aromatic rings. The standard InChI is InChI=1S/C19H22Cl2N2O3S/c1-22-19-7-5-14(12-2-6-17(20)18(21)10-12)15-4-3-13(11-16(15)19)27(25,26)23-8-9-24/h2-4,6,10-11,14,19,22-24H,5,7-9H2,1H3/t14-,19-/m0/s1. The van der Waals surface area contributed by atoms with E-state index in [0.717, 1.165) is 29.5 Å². The van der Waals surface area contributed by atoms with Gasteiger partial charge < -0.3 is 10.4 Å². The summed E-state index contributed by atoms with van der Waals surface area (Å²) < 4.78 is 27.3. The van der Waals surface area contributed by atoms with E-state index in [0.29, 0.717) is 10.0 Å². The van der Waals surface area contributed by atoms with Crippen LogP contribution in [0.25, 0.3) is 0 Å². The number of rotatable bonds is 6. The van der Waals surface area contributed by atoms with E-state index in [-0.39, 0.29) is 30.0 Å². The van der Waals surface area contributed by atoms with Crippen molar-refractivity contribution in [1.29, 1.82) is 0 Å². The monoisotopic (exact) mass is 428 g/mol. The molecule has 0 bridgehead atoms. The van der Waals surface area contributed by atoms with Gasteiger partial charge in [0.15, 0.2) is 0 Å². The van der Waals surface area contributed by atoms with Gasteiger partial charge in [-0.25, -0.2) is 13.1 Å². The van der Waals surface area contributed by atoms with Crippen molar-refractivity contribution in [3.8, 4) is 0 Å². The number of hydrogen-bond acceptors (Lipinski definition) is 4. The molecule has 27 heavy (non-hydrogen) atoms. The van der Waals surface area contributed by atoms with Crippen molar-refractivity contribution in [3.05, 3.63) is 63.1 Å². The van der Waals surface area contributed by atoms with Crippen LogP contribution in [0.1, 0.15) is 41.5 Å².